The number of nitrogens with zero attached hydrogens (tertiary/aromatic N) is 2. The molecule has 0 radical (unpaired) electrons. The van der Waals surface area contributed by atoms with Gasteiger partial charge in [0.15, 0.2) is 0 Å². The molecule has 1 heterocycles. The van der Waals surface area contributed by atoms with E-state index in [0.717, 1.165) is 27.8 Å². The maximum Gasteiger partial charge on any atom is 0.271 e. The Morgan fingerprint density at radius 1 is 1.03 bits per heavy atom. The molecule has 0 atom stereocenters. The maximum atomic E-state index is 11.2. The van der Waals surface area contributed by atoms with Crippen molar-refractivity contribution in [2.45, 2.75) is 13.8 Å². The topological polar surface area (TPSA) is 98.1 Å². The Hall–Kier alpha value is -4.13. The van der Waals surface area contributed by atoms with Gasteiger partial charge in [-0.3, -0.25) is 10.1 Å². The second kappa shape index (κ2) is 7.95. The summed E-state index contributed by atoms with van der Waals surface area (Å²) in [5, 5.41) is 22.7. The zero-order chi connectivity index (χ0) is 22.1. The molecule has 0 saturated carbocycles. The quantitative estimate of drug-likeness (QED) is 0.346. The van der Waals surface area contributed by atoms with Crippen molar-refractivity contribution >= 4 is 22.3 Å². The highest BCUT2D eigenvalue weighted by Gasteiger charge is 2.13. The van der Waals surface area contributed by atoms with E-state index in [9.17, 15) is 15.2 Å². The summed E-state index contributed by atoms with van der Waals surface area (Å²) in [5.41, 5.74) is 3.40. The highest BCUT2D eigenvalue weighted by Crippen LogP contribution is 2.31. The molecule has 3 aromatic carbocycles. The van der Waals surface area contributed by atoms with Crippen LogP contribution in [0.25, 0.3) is 22.3 Å². The van der Waals surface area contributed by atoms with E-state index in [2.05, 4.69) is 4.99 Å². The van der Waals surface area contributed by atoms with E-state index in [0.29, 0.717) is 16.7 Å². The minimum atomic E-state index is -0.520. The average molecular weight is 416 g/mol. The van der Waals surface area contributed by atoms with E-state index >= 15 is 0 Å². The second-order valence-electron chi connectivity index (χ2n) is 7.22. The summed E-state index contributed by atoms with van der Waals surface area (Å²) in [5.74, 6) is 1.15. The summed E-state index contributed by atoms with van der Waals surface area (Å²) >= 11 is 0. The zero-order valence-corrected chi connectivity index (χ0v) is 17.2. The third-order valence-electron chi connectivity index (χ3n) is 4.97. The highest BCUT2D eigenvalue weighted by molar-refractivity contribution is 5.83. The number of aryl methyl sites for hydroxylation is 2. The van der Waals surface area contributed by atoms with Crippen molar-refractivity contribution in [1.29, 1.82) is 0 Å². The number of nitro benzene ring substituents is 1. The van der Waals surface area contributed by atoms with Gasteiger partial charge >= 0.3 is 0 Å². The van der Waals surface area contributed by atoms with Crippen LogP contribution < -0.4 is 10.1 Å². The molecule has 1 aromatic heterocycles. The Morgan fingerprint density at radius 3 is 2.45 bits per heavy atom. The summed E-state index contributed by atoms with van der Waals surface area (Å²) in [4.78, 5) is 15.2. The number of aromatic hydroxyl groups is 1. The van der Waals surface area contributed by atoms with Crippen molar-refractivity contribution < 1.29 is 19.2 Å². The Labute approximate surface area is 178 Å². The third-order valence-corrected chi connectivity index (χ3v) is 4.97. The van der Waals surface area contributed by atoms with Gasteiger partial charge in [0.2, 0.25) is 0 Å². The highest BCUT2D eigenvalue weighted by atomic mass is 16.6. The zero-order valence-electron chi connectivity index (χ0n) is 17.2. The summed E-state index contributed by atoms with van der Waals surface area (Å²) in [7, 11) is 1.60. The number of rotatable bonds is 4. The number of fused-ring (bicyclic) bond motifs is 1. The Morgan fingerprint density at radius 2 is 1.77 bits per heavy atom. The predicted octanol–water partition coefficient (Wildman–Crippen LogP) is 5.57. The minimum absolute atomic E-state index is 0.113. The molecule has 156 valence electrons. The van der Waals surface area contributed by atoms with Crippen LogP contribution in [-0.2, 0) is 0 Å². The van der Waals surface area contributed by atoms with Crippen molar-refractivity contribution in [3.05, 3.63) is 87.3 Å². The minimum Gasteiger partial charge on any atom is -0.506 e. The van der Waals surface area contributed by atoms with Gasteiger partial charge < -0.3 is 14.3 Å². The van der Waals surface area contributed by atoms with Gasteiger partial charge in [0.25, 0.3) is 5.69 Å². The fraction of sp³-hybridized carbons (Fsp3) is 0.125. The number of phenols is 1. The average Bonchev–Trinajstić information content (AvgIpc) is 2.74. The SMILES string of the molecule is COc1ccc(-c2cc(=Nc3cc([N+](=O)[O-])ccc3O)c3c(C)cc(C)cc3o2)cc1. The molecule has 0 amide bonds. The van der Waals surface area contributed by atoms with Gasteiger partial charge in [0.1, 0.15) is 28.5 Å². The van der Waals surface area contributed by atoms with Crippen LogP contribution in [0.4, 0.5) is 11.4 Å². The molecule has 0 spiro atoms. The van der Waals surface area contributed by atoms with Crippen LogP contribution >= 0.6 is 0 Å². The number of nitro groups is 1. The summed E-state index contributed by atoms with van der Waals surface area (Å²) in [6.45, 7) is 3.93. The summed E-state index contributed by atoms with van der Waals surface area (Å²) < 4.78 is 11.4. The monoisotopic (exact) mass is 416 g/mol. The lowest BCUT2D eigenvalue weighted by Crippen LogP contribution is -2.05. The van der Waals surface area contributed by atoms with Gasteiger partial charge in [-0.15, -0.1) is 0 Å². The molecule has 31 heavy (non-hydrogen) atoms. The molecule has 0 aliphatic heterocycles. The fourth-order valence-corrected chi connectivity index (χ4v) is 3.51. The van der Waals surface area contributed by atoms with Crippen LogP contribution in [0.2, 0.25) is 0 Å². The largest absolute Gasteiger partial charge is 0.506 e. The first-order valence-corrected chi connectivity index (χ1v) is 9.57. The standard InChI is InChI=1S/C24H20N2O5/c1-14-10-15(2)24-20(25-19-12-17(26(28)29)6-9-21(19)27)13-22(31-23(24)11-14)16-4-7-18(30-3)8-5-16/h4-13,27H,1-3H3. The van der Waals surface area contributed by atoms with Gasteiger partial charge in [0, 0.05) is 29.1 Å². The number of benzene rings is 3. The van der Waals surface area contributed by atoms with Crippen molar-refractivity contribution in [3.63, 3.8) is 0 Å². The molecule has 4 aromatic rings. The number of methoxy groups -OCH3 is 1. The van der Waals surface area contributed by atoms with Gasteiger partial charge in [-0.05, 0) is 61.4 Å². The molecule has 4 rings (SSSR count). The van der Waals surface area contributed by atoms with Crippen LogP contribution in [0, 0.1) is 24.0 Å². The molecule has 0 unspecified atom stereocenters. The number of hydrogen-bond acceptors (Lipinski definition) is 6. The van der Waals surface area contributed by atoms with Crippen LogP contribution in [0.3, 0.4) is 0 Å². The fourth-order valence-electron chi connectivity index (χ4n) is 3.51. The summed E-state index contributed by atoms with van der Waals surface area (Å²) in [6, 6.07) is 16.9. The molecule has 0 fully saturated rings. The summed E-state index contributed by atoms with van der Waals surface area (Å²) in [6.07, 6.45) is 0. The van der Waals surface area contributed by atoms with E-state index in [-0.39, 0.29) is 17.1 Å². The van der Waals surface area contributed by atoms with Gasteiger partial charge in [0.05, 0.1) is 17.4 Å². The van der Waals surface area contributed by atoms with Gasteiger partial charge in [-0.1, -0.05) is 6.07 Å². The van der Waals surface area contributed by atoms with Gasteiger partial charge in [-0.25, -0.2) is 4.99 Å². The van der Waals surface area contributed by atoms with Crippen molar-refractivity contribution in [3.8, 4) is 22.8 Å². The molecule has 0 saturated heterocycles. The lowest BCUT2D eigenvalue weighted by molar-refractivity contribution is -0.384. The molecule has 0 bridgehead atoms. The van der Waals surface area contributed by atoms with E-state index in [1.807, 2.05) is 50.2 Å². The van der Waals surface area contributed by atoms with E-state index < -0.39 is 4.92 Å². The Balaban J connectivity index is 2.02. The number of ether oxygens (including phenoxy) is 1. The van der Waals surface area contributed by atoms with Crippen molar-refractivity contribution in [2.75, 3.05) is 7.11 Å². The Bertz CT molecular complexity index is 1370. The van der Waals surface area contributed by atoms with E-state index in [4.69, 9.17) is 9.15 Å². The van der Waals surface area contributed by atoms with E-state index in [1.54, 1.807) is 13.2 Å². The smallest absolute Gasteiger partial charge is 0.271 e. The predicted molar refractivity (Wildman–Crippen MR) is 118 cm³/mol. The molecule has 0 aliphatic carbocycles. The molecule has 1 N–H and O–H groups in total. The number of phenolic OH excluding ortho intramolecular Hbond substituents is 1. The first-order valence-electron chi connectivity index (χ1n) is 9.57. The van der Waals surface area contributed by atoms with Crippen LogP contribution in [0.5, 0.6) is 11.5 Å². The number of hydrogen-bond donors (Lipinski definition) is 1. The van der Waals surface area contributed by atoms with Crippen LogP contribution in [0.1, 0.15) is 11.1 Å². The van der Waals surface area contributed by atoms with Crippen molar-refractivity contribution in [1.82, 2.24) is 0 Å². The first kappa shape index (κ1) is 20.2. The van der Waals surface area contributed by atoms with E-state index in [1.165, 1.54) is 18.2 Å². The Kier molecular flexibility index (Phi) is 5.17. The lowest BCUT2D eigenvalue weighted by Gasteiger charge is -2.09. The third kappa shape index (κ3) is 3.98. The maximum absolute atomic E-state index is 11.2. The molecule has 7 nitrogen and oxygen atoms in total. The molecular formula is C24H20N2O5. The molecule has 0 aliphatic rings. The lowest BCUT2D eigenvalue weighted by atomic mass is 10.0. The van der Waals surface area contributed by atoms with Crippen molar-refractivity contribution in [2.24, 2.45) is 4.99 Å². The normalized spacial score (nSPS) is 11.6. The first-order chi connectivity index (χ1) is 14.9. The molecule has 7 heteroatoms. The van der Waals surface area contributed by atoms with Crippen LogP contribution in [0.15, 0.2) is 70.1 Å². The second-order valence-corrected chi connectivity index (χ2v) is 7.22. The number of non-ortho nitro benzene ring substituents is 1. The molecular weight excluding hydrogens is 396 g/mol. The van der Waals surface area contributed by atoms with Crippen LogP contribution in [-0.4, -0.2) is 17.1 Å². The van der Waals surface area contributed by atoms with Gasteiger partial charge in [-0.2, -0.15) is 0 Å².